The Morgan fingerprint density at radius 3 is 2.73 bits per heavy atom. The molecule has 0 aliphatic carbocycles. The minimum absolute atomic E-state index is 0.0355. The Morgan fingerprint density at radius 1 is 1.17 bits per heavy atom. The number of hydrogen-bond donors (Lipinski definition) is 2. The van der Waals surface area contributed by atoms with Crippen molar-refractivity contribution in [3.8, 4) is 11.3 Å². The summed E-state index contributed by atoms with van der Waals surface area (Å²) in [4.78, 5) is 34.5. The number of rotatable bonds is 8. The number of carbonyl (C=O) groups is 2. The highest BCUT2D eigenvalue weighted by Crippen LogP contribution is 2.21. The van der Waals surface area contributed by atoms with Crippen molar-refractivity contribution in [2.24, 2.45) is 5.73 Å². The number of thiophene rings is 1. The van der Waals surface area contributed by atoms with Gasteiger partial charge in [0.05, 0.1) is 5.69 Å². The van der Waals surface area contributed by atoms with Gasteiger partial charge in [0.25, 0.3) is 11.8 Å². The number of benzene rings is 1. The van der Waals surface area contributed by atoms with Gasteiger partial charge in [-0.3, -0.25) is 14.0 Å². The Labute approximate surface area is 181 Å². The van der Waals surface area contributed by atoms with E-state index in [1.807, 2.05) is 36.4 Å². The van der Waals surface area contributed by atoms with Crippen LogP contribution in [0.15, 0.2) is 60.2 Å². The third-order valence-electron chi connectivity index (χ3n) is 4.39. The summed E-state index contributed by atoms with van der Waals surface area (Å²) in [6.45, 7) is 0.525. The van der Waals surface area contributed by atoms with Gasteiger partial charge >= 0.3 is 0 Å². The van der Waals surface area contributed by atoms with E-state index in [1.165, 1.54) is 15.6 Å². The minimum Gasteiger partial charge on any atom is -0.364 e. The second kappa shape index (κ2) is 9.10. The van der Waals surface area contributed by atoms with Gasteiger partial charge in [0.1, 0.15) is 12.0 Å². The van der Waals surface area contributed by atoms with Gasteiger partial charge < -0.3 is 11.1 Å². The first-order valence-electron chi connectivity index (χ1n) is 9.25. The van der Waals surface area contributed by atoms with Crippen LogP contribution in [-0.4, -0.2) is 38.5 Å². The van der Waals surface area contributed by atoms with Gasteiger partial charge in [-0.1, -0.05) is 36.4 Å². The molecule has 30 heavy (non-hydrogen) atoms. The van der Waals surface area contributed by atoms with Crippen molar-refractivity contribution in [1.82, 2.24) is 19.7 Å². The lowest BCUT2D eigenvalue weighted by Crippen LogP contribution is -2.28. The lowest BCUT2D eigenvalue weighted by Gasteiger charge is -2.10. The zero-order chi connectivity index (χ0) is 20.9. The molecule has 152 valence electrons. The first-order valence-corrected chi connectivity index (χ1v) is 11.3. The van der Waals surface area contributed by atoms with E-state index in [2.05, 4.69) is 26.7 Å². The standard InChI is InChI=1S/C21H19N5O2S2/c22-19(27)18-20-25-16(14-5-2-1-3-6-14)11-17(26(20)13-24-18)21(28)23-8-10-29-12-15-7-4-9-30-15/h1-7,9,11,13H,8,10,12H2,(H2,22,27)(H,23,28). The fourth-order valence-corrected chi connectivity index (χ4v) is 4.67. The molecule has 3 N–H and O–H groups in total. The van der Waals surface area contributed by atoms with Crippen molar-refractivity contribution in [1.29, 1.82) is 0 Å². The molecule has 0 radical (unpaired) electrons. The second-order valence-electron chi connectivity index (χ2n) is 6.43. The van der Waals surface area contributed by atoms with Gasteiger partial charge in [0, 0.05) is 28.5 Å². The number of nitrogens with zero attached hydrogens (tertiary/aromatic N) is 3. The van der Waals surface area contributed by atoms with Gasteiger partial charge in [-0.15, -0.1) is 11.3 Å². The molecule has 0 aliphatic rings. The fraction of sp³-hybridized carbons (Fsp3) is 0.143. The molecule has 7 nitrogen and oxygen atoms in total. The molecule has 4 rings (SSSR count). The van der Waals surface area contributed by atoms with Crippen molar-refractivity contribution in [3.05, 3.63) is 76.5 Å². The van der Waals surface area contributed by atoms with Crippen LogP contribution in [0.1, 0.15) is 25.9 Å². The molecule has 0 saturated carbocycles. The number of nitrogens with one attached hydrogen (secondary N) is 1. The van der Waals surface area contributed by atoms with Crippen molar-refractivity contribution in [2.45, 2.75) is 5.75 Å². The Morgan fingerprint density at radius 2 is 2.00 bits per heavy atom. The normalized spacial score (nSPS) is 10.9. The number of thioether (sulfide) groups is 1. The Hall–Kier alpha value is -3.17. The number of carbonyl (C=O) groups excluding carboxylic acids is 2. The van der Waals surface area contributed by atoms with Crippen LogP contribution in [-0.2, 0) is 5.75 Å². The molecule has 0 bridgehead atoms. The molecule has 9 heteroatoms. The first kappa shape index (κ1) is 20.1. The summed E-state index contributed by atoms with van der Waals surface area (Å²) in [5.74, 6) is 0.769. The number of primary amides is 1. The van der Waals surface area contributed by atoms with E-state index < -0.39 is 5.91 Å². The number of fused-ring (bicyclic) bond motifs is 1. The molecule has 2 amide bonds. The monoisotopic (exact) mass is 437 g/mol. The van der Waals surface area contributed by atoms with E-state index in [0.29, 0.717) is 17.9 Å². The molecule has 0 atom stereocenters. The van der Waals surface area contributed by atoms with Crippen LogP contribution in [0, 0.1) is 0 Å². The van der Waals surface area contributed by atoms with Crippen molar-refractivity contribution < 1.29 is 9.59 Å². The summed E-state index contributed by atoms with van der Waals surface area (Å²) in [5.41, 5.74) is 7.49. The van der Waals surface area contributed by atoms with Crippen molar-refractivity contribution in [3.63, 3.8) is 0 Å². The molecule has 0 fully saturated rings. The zero-order valence-electron chi connectivity index (χ0n) is 15.9. The van der Waals surface area contributed by atoms with Crippen LogP contribution < -0.4 is 11.1 Å². The minimum atomic E-state index is -0.688. The lowest BCUT2D eigenvalue weighted by atomic mass is 10.1. The molecule has 0 aliphatic heterocycles. The predicted octanol–water partition coefficient (Wildman–Crippen LogP) is 3.22. The van der Waals surface area contributed by atoms with Crippen LogP contribution in [0.25, 0.3) is 16.9 Å². The molecule has 1 aromatic carbocycles. The number of nitrogens with two attached hydrogens (primary N) is 1. The van der Waals surface area contributed by atoms with Crippen LogP contribution >= 0.6 is 23.1 Å². The maximum Gasteiger partial charge on any atom is 0.271 e. The van der Waals surface area contributed by atoms with E-state index >= 15 is 0 Å². The summed E-state index contributed by atoms with van der Waals surface area (Å²) >= 11 is 3.49. The van der Waals surface area contributed by atoms with Gasteiger partial charge in [-0.05, 0) is 17.5 Å². The third-order valence-corrected chi connectivity index (χ3v) is 6.46. The van der Waals surface area contributed by atoms with E-state index in [0.717, 1.165) is 17.1 Å². The predicted molar refractivity (Wildman–Crippen MR) is 120 cm³/mol. The summed E-state index contributed by atoms with van der Waals surface area (Å²) in [6, 6.07) is 15.3. The maximum atomic E-state index is 12.9. The van der Waals surface area contributed by atoms with E-state index in [-0.39, 0.29) is 17.2 Å². The van der Waals surface area contributed by atoms with Crippen LogP contribution in [0.3, 0.4) is 0 Å². The molecule has 3 aromatic heterocycles. The highest BCUT2D eigenvalue weighted by molar-refractivity contribution is 7.98. The molecule has 0 unspecified atom stereocenters. The smallest absolute Gasteiger partial charge is 0.271 e. The van der Waals surface area contributed by atoms with E-state index in [9.17, 15) is 9.59 Å². The largest absolute Gasteiger partial charge is 0.364 e. The average Bonchev–Trinajstić information content (AvgIpc) is 3.43. The first-order chi connectivity index (χ1) is 14.6. The lowest BCUT2D eigenvalue weighted by molar-refractivity contribution is 0.0948. The zero-order valence-corrected chi connectivity index (χ0v) is 17.6. The molecule has 0 saturated heterocycles. The number of hydrogen-bond acceptors (Lipinski definition) is 6. The molecular formula is C21H19N5O2S2. The number of amides is 2. The number of aromatic nitrogens is 3. The van der Waals surface area contributed by atoms with Gasteiger partial charge in [0.2, 0.25) is 0 Å². The van der Waals surface area contributed by atoms with Gasteiger partial charge in [0.15, 0.2) is 11.3 Å². The summed E-state index contributed by atoms with van der Waals surface area (Å²) in [6.07, 6.45) is 1.40. The van der Waals surface area contributed by atoms with Gasteiger partial charge in [-0.25, -0.2) is 9.97 Å². The second-order valence-corrected chi connectivity index (χ2v) is 8.57. The maximum absolute atomic E-state index is 12.9. The highest BCUT2D eigenvalue weighted by Gasteiger charge is 2.19. The highest BCUT2D eigenvalue weighted by atomic mass is 32.2. The summed E-state index contributed by atoms with van der Waals surface area (Å²) in [5, 5.41) is 5.00. The van der Waals surface area contributed by atoms with Crippen molar-refractivity contribution >= 4 is 40.6 Å². The van der Waals surface area contributed by atoms with Crippen molar-refractivity contribution in [2.75, 3.05) is 12.3 Å². The van der Waals surface area contributed by atoms with E-state index in [1.54, 1.807) is 29.2 Å². The SMILES string of the molecule is NC(=O)c1ncn2c(C(=O)NCCSCc3cccs3)cc(-c3ccccc3)nc12. The molecule has 0 spiro atoms. The van der Waals surface area contributed by atoms with Crippen LogP contribution in [0.2, 0.25) is 0 Å². The van der Waals surface area contributed by atoms with Gasteiger partial charge in [-0.2, -0.15) is 11.8 Å². The summed E-state index contributed by atoms with van der Waals surface area (Å²) < 4.78 is 1.50. The Balaban J connectivity index is 1.55. The Bertz CT molecular complexity index is 1170. The topological polar surface area (TPSA) is 102 Å². The molecule has 4 aromatic rings. The third kappa shape index (κ3) is 4.37. The van der Waals surface area contributed by atoms with Crippen LogP contribution in [0.5, 0.6) is 0 Å². The van der Waals surface area contributed by atoms with E-state index in [4.69, 9.17) is 5.73 Å². The Kier molecular flexibility index (Phi) is 6.10. The fourth-order valence-electron chi connectivity index (χ4n) is 2.97. The summed E-state index contributed by atoms with van der Waals surface area (Å²) in [7, 11) is 0. The molecule has 3 heterocycles. The molecular weight excluding hydrogens is 418 g/mol. The number of imidazole rings is 1. The quantitative estimate of drug-likeness (QED) is 0.412. The average molecular weight is 438 g/mol. The van der Waals surface area contributed by atoms with Crippen LogP contribution in [0.4, 0.5) is 0 Å².